The lowest BCUT2D eigenvalue weighted by Gasteiger charge is -2.31. The number of esters is 1. The Labute approximate surface area is 205 Å². The summed E-state index contributed by atoms with van der Waals surface area (Å²) in [5.41, 5.74) is -0.900. The maximum Gasteiger partial charge on any atom is 0.407 e. The van der Waals surface area contributed by atoms with Crippen LogP contribution in [0.5, 0.6) is 0 Å². The molecule has 3 amide bonds. The molecule has 0 heterocycles. The van der Waals surface area contributed by atoms with Crippen LogP contribution in [0.4, 0.5) is 13.6 Å². The summed E-state index contributed by atoms with van der Waals surface area (Å²) in [6.45, 7) is 14.1. The average Bonchev–Trinajstić information content (AvgIpc) is 2.72. The quantitative estimate of drug-likeness (QED) is 0.295. The summed E-state index contributed by atoms with van der Waals surface area (Å²) >= 11 is 0. The number of hydrogen-bond donors (Lipinski definition) is 4. The molecule has 0 saturated carbocycles. The van der Waals surface area contributed by atoms with Crippen LogP contribution >= 0.6 is 0 Å². The standard InChI is InChI=1S/C23H41F2N3O7/c1-10-13(5)16(19(31)34-11-2)27-18(30)15(12(3)4)28-20(32)23(24,25)17(29)14(6)26-21(33)35-22(7,8)9/h12-17,29H,10-11H2,1-9H3,(H,26,33)(H,27,30)(H,28,32)/t13-,14-,15-,16-,17+/m0/s1. The molecule has 0 saturated heterocycles. The Kier molecular flexibility index (Phi) is 12.6. The Balaban J connectivity index is 5.50. The molecule has 0 bridgehead atoms. The van der Waals surface area contributed by atoms with Crippen molar-refractivity contribution in [2.75, 3.05) is 6.61 Å². The Morgan fingerprint density at radius 2 is 1.46 bits per heavy atom. The summed E-state index contributed by atoms with van der Waals surface area (Å²) < 4.78 is 39.4. The second-order valence-corrected chi connectivity index (χ2v) is 9.82. The highest BCUT2D eigenvalue weighted by atomic mass is 19.3. The number of halogens is 2. The monoisotopic (exact) mass is 509 g/mol. The van der Waals surface area contributed by atoms with Gasteiger partial charge in [-0.2, -0.15) is 8.78 Å². The molecule has 35 heavy (non-hydrogen) atoms. The largest absolute Gasteiger partial charge is 0.464 e. The molecule has 5 atom stereocenters. The molecule has 0 unspecified atom stereocenters. The van der Waals surface area contributed by atoms with Crippen LogP contribution in [0.2, 0.25) is 0 Å². The first-order valence-corrected chi connectivity index (χ1v) is 11.7. The molecule has 4 N–H and O–H groups in total. The third kappa shape index (κ3) is 10.3. The van der Waals surface area contributed by atoms with E-state index in [0.717, 1.165) is 6.92 Å². The van der Waals surface area contributed by atoms with Crippen molar-refractivity contribution in [1.29, 1.82) is 0 Å². The molecule has 0 aliphatic rings. The van der Waals surface area contributed by atoms with Gasteiger partial charge in [-0.05, 0) is 46.5 Å². The Morgan fingerprint density at radius 1 is 0.914 bits per heavy atom. The van der Waals surface area contributed by atoms with E-state index >= 15 is 0 Å². The minimum Gasteiger partial charge on any atom is -0.464 e. The van der Waals surface area contributed by atoms with Crippen LogP contribution in [0.1, 0.15) is 68.7 Å². The second kappa shape index (κ2) is 13.6. The Morgan fingerprint density at radius 3 is 1.89 bits per heavy atom. The minimum absolute atomic E-state index is 0.0889. The number of amides is 3. The van der Waals surface area contributed by atoms with Gasteiger partial charge in [0, 0.05) is 0 Å². The van der Waals surface area contributed by atoms with E-state index in [0.29, 0.717) is 6.42 Å². The van der Waals surface area contributed by atoms with Crippen molar-refractivity contribution in [1.82, 2.24) is 16.0 Å². The van der Waals surface area contributed by atoms with Crippen molar-refractivity contribution in [2.45, 2.75) is 104 Å². The maximum atomic E-state index is 14.8. The van der Waals surface area contributed by atoms with Crippen LogP contribution in [-0.4, -0.2) is 71.3 Å². The van der Waals surface area contributed by atoms with Crippen molar-refractivity contribution in [3.63, 3.8) is 0 Å². The van der Waals surface area contributed by atoms with Gasteiger partial charge in [-0.1, -0.05) is 34.1 Å². The summed E-state index contributed by atoms with van der Waals surface area (Å²) in [5, 5.41) is 16.6. The second-order valence-electron chi connectivity index (χ2n) is 9.82. The van der Waals surface area contributed by atoms with Gasteiger partial charge in [0.25, 0.3) is 5.91 Å². The van der Waals surface area contributed by atoms with Crippen LogP contribution in [0.15, 0.2) is 0 Å². The highest BCUT2D eigenvalue weighted by molar-refractivity contribution is 5.93. The van der Waals surface area contributed by atoms with Crippen molar-refractivity contribution in [3.8, 4) is 0 Å². The molecule has 0 aliphatic carbocycles. The normalized spacial score (nSPS) is 16.4. The zero-order chi connectivity index (χ0) is 27.7. The molecule has 0 spiro atoms. The fourth-order valence-electron chi connectivity index (χ4n) is 2.94. The van der Waals surface area contributed by atoms with Gasteiger partial charge in [0.15, 0.2) is 0 Å². The van der Waals surface area contributed by atoms with Gasteiger partial charge < -0.3 is 30.5 Å². The number of rotatable bonds is 12. The van der Waals surface area contributed by atoms with E-state index in [-0.39, 0.29) is 12.5 Å². The zero-order valence-corrected chi connectivity index (χ0v) is 22.0. The number of carbonyl (C=O) groups is 4. The van der Waals surface area contributed by atoms with E-state index in [1.54, 1.807) is 41.5 Å². The van der Waals surface area contributed by atoms with Crippen LogP contribution in [0.3, 0.4) is 0 Å². The van der Waals surface area contributed by atoms with Gasteiger partial charge in [-0.15, -0.1) is 0 Å². The molecule has 0 aromatic rings. The lowest BCUT2D eigenvalue weighted by molar-refractivity contribution is -0.168. The van der Waals surface area contributed by atoms with Gasteiger partial charge in [0.05, 0.1) is 12.6 Å². The van der Waals surface area contributed by atoms with E-state index in [1.807, 2.05) is 5.32 Å². The molecule has 12 heteroatoms. The number of ether oxygens (including phenoxy) is 2. The number of alkyl carbamates (subject to hydrolysis) is 1. The summed E-state index contributed by atoms with van der Waals surface area (Å²) in [4.78, 5) is 49.4. The Hall–Kier alpha value is -2.50. The van der Waals surface area contributed by atoms with Crippen LogP contribution in [-0.2, 0) is 23.9 Å². The predicted octanol–water partition coefficient (Wildman–Crippen LogP) is 2.13. The van der Waals surface area contributed by atoms with E-state index in [9.17, 15) is 33.1 Å². The number of alkyl halides is 2. The summed E-state index contributed by atoms with van der Waals surface area (Å²) in [5.74, 6) is -8.75. The van der Waals surface area contributed by atoms with E-state index in [1.165, 1.54) is 13.8 Å². The first-order chi connectivity index (χ1) is 15.9. The first kappa shape index (κ1) is 32.5. The SMILES string of the molecule is CCOC(=O)[C@@H](NC(=O)[C@@H](NC(=O)C(F)(F)[C@H](O)[C@H](C)NC(=O)OC(C)(C)C)C(C)C)[C@@H](C)CC. The molecule has 0 fully saturated rings. The third-order valence-electron chi connectivity index (χ3n) is 5.18. The number of aliphatic hydroxyl groups is 1. The molecule has 0 aliphatic heterocycles. The van der Waals surface area contributed by atoms with Gasteiger partial charge >= 0.3 is 18.0 Å². The first-order valence-electron chi connectivity index (χ1n) is 11.7. The Bertz CT molecular complexity index is 741. The third-order valence-corrected chi connectivity index (χ3v) is 5.18. The highest BCUT2D eigenvalue weighted by Gasteiger charge is 2.50. The van der Waals surface area contributed by atoms with Gasteiger partial charge in [0.1, 0.15) is 23.8 Å². The fourth-order valence-corrected chi connectivity index (χ4v) is 2.94. The van der Waals surface area contributed by atoms with Gasteiger partial charge in [0.2, 0.25) is 5.91 Å². The van der Waals surface area contributed by atoms with E-state index in [2.05, 4.69) is 10.6 Å². The number of carbonyl (C=O) groups excluding carboxylic acids is 4. The smallest absolute Gasteiger partial charge is 0.407 e. The lowest BCUT2D eigenvalue weighted by Crippen LogP contribution is -2.61. The lowest BCUT2D eigenvalue weighted by atomic mass is 9.96. The van der Waals surface area contributed by atoms with Crippen molar-refractivity contribution < 1.29 is 42.5 Å². The summed E-state index contributed by atoms with van der Waals surface area (Å²) in [6, 6.07) is -4.03. The van der Waals surface area contributed by atoms with Crippen molar-refractivity contribution >= 4 is 23.9 Å². The van der Waals surface area contributed by atoms with Crippen molar-refractivity contribution in [3.05, 3.63) is 0 Å². The molecule has 0 aromatic heterocycles. The van der Waals surface area contributed by atoms with Crippen LogP contribution in [0.25, 0.3) is 0 Å². The summed E-state index contributed by atoms with van der Waals surface area (Å²) in [7, 11) is 0. The van der Waals surface area contributed by atoms with E-state index in [4.69, 9.17) is 9.47 Å². The predicted molar refractivity (Wildman–Crippen MR) is 125 cm³/mol. The number of hydrogen-bond acceptors (Lipinski definition) is 7. The molecular formula is C23H41F2N3O7. The van der Waals surface area contributed by atoms with Crippen molar-refractivity contribution in [2.24, 2.45) is 11.8 Å². The molecule has 0 radical (unpaired) electrons. The minimum atomic E-state index is -4.36. The van der Waals surface area contributed by atoms with E-state index < -0.39 is 65.5 Å². The van der Waals surface area contributed by atoms with Crippen LogP contribution < -0.4 is 16.0 Å². The topological polar surface area (TPSA) is 143 Å². The molecular weight excluding hydrogens is 468 g/mol. The average molecular weight is 510 g/mol. The highest BCUT2D eigenvalue weighted by Crippen LogP contribution is 2.23. The zero-order valence-electron chi connectivity index (χ0n) is 22.0. The molecule has 0 aromatic carbocycles. The van der Waals surface area contributed by atoms with Crippen LogP contribution in [0, 0.1) is 11.8 Å². The molecule has 204 valence electrons. The van der Waals surface area contributed by atoms with Gasteiger partial charge in [-0.3, -0.25) is 9.59 Å². The molecule has 0 rings (SSSR count). The summed E-state index contributed by atoms with van der Waals surface area (Å²) in [6.07, 6.45) is -3.14. The number of nitrogens with one attached hydrogen (secondary N) is 3. The number of aliphatic hydroxyl groups excluding tert-OH is 1. The van der Waals surface area contributed by atoms with Gasteiger partial charge in [-0.25, -0.2) is 9.59 Å². The fraction of sp³-hybridized carbons (Fsp3) is 0.826. The molecule has 10 nitrogen and oxygen atoms in total. The maximum absolute atomic E-state index is 14.8.